The lowest BCUT2D eigenvalue weighted by Crippen LogP contribution is -2.10. The van der Waals surface area contributed by atoms with Crippen LogP contribution >= 0.6 is 11.3 Å². The van der Waals surface area contributed by atoms with Crippen molar-refractivity contribution in [3.05, 3.63) is 33.8 Å². The second kappa shape index (κ2) is 5.49. The molecule has 0 bridgehead atoms. The molecule has 0 saturated heterocycles. The molecule has 2 heterocycles. The van der Waals surface area contributed by atoms with Crippen LogP contribution in [0.1, 0.15) is 20.2 Å². The van der Waals surface area contributed by atoms with Crippen molar-refractivity contribution in [2.24, 2.45) is 0 Å². The Morgan fingerprint density at radius 3 is 3.11 bits per heavy atom. The standard InChI is InChI=1S/C12H10N2O3S/c1-8-7-17-12(13-8)14-11(16)10-5-4-9(18-10)3-2-6-15/h4-5,7,15H,6H2,1H3,(H,13,14,16). The first-order valence-electron chi connectivity index (χ1n) is 5.12. The van der Waals surface area contributed by atoms with Gasteiger partial charge in [0.2, 0.25) is 0 Å². The van der Waals surface area contributed by atoms with Crippen molar-refractivity contribution in [3.8, 4) is 11.8 Å². The van der Waals surface area contributed by atoms with Gasteiger partial charge in [-0.1, -0.05) is 11.8 Å². The molecule has 92 valence electrons. The summed E-state index contributed by atoms with van der Waals surface area (Å²) in [6, 6.07) is 3.56. The number of anilines is 1. The minimum absolute atomic E-state index is 0.175. The number of carbonyl (C=O) groups excluding carboxylic acids is 1. The molecule has 2 aromatic rings. The molecule has 0 aliphatic rings. The number of oxazole rings is 1. The van der Waals surface area contributed by atoms with E-state index >= 15 is 0 Å². The predicted octanol–water partition coefficient (Wildman–Crippen LogP) is 1.64. The van der Waals surface area contributed by atoms with Gasteiger partial charge in [-0.05, 0) is 19.1 Å². The first-order valence-corrected chi connectivity index (χ1v) is 5.94. The normalized spacial score (nSPS) is 9.67. The second-order valence-corrected chi connectivity index (χ2v) is 4.46. The molecule has 1 amide bonds. The van der Waals surface area contributed by atoms with E-state index in [9.17, 15) is 4.79 Å². The molecule has 0 spiro atoms. The molecule has 0 fully saturated rings. The number of aryl methyl sites for hydroxylation is 1. The molecule has 6 heteroatoms. The van der Waals surface area contributed by atoms with Crippen LogP contribution in [0, 0.1) is 18.8 Å². The van der Waals surface area contributed by atoms with Crippen LogP contribution in [0.2, 0.25) is 0 Å². The summed E-state index contributed by atoms with van der Waals surface area (Å²) in [6.45, 7) is 1.57. The first kappa shape index (κ1) is 12.4. The highest BCUT2D eigenvalue weighted by Gasteiger charge is 2.11. The summed E-state index contributed by atoms with van der Waals surface area (Å²) >= 11 is 1.24. The number of carbonyl (C=O) groups is 1. The minimum Gasteiger partial charge on any atom is -0.432 e. The first-order chi connectivity index (χ1) is 8.69. The van der Waals surface area contributed by atoms with Crippen LogP contribution < -0.4 is 5.32 Å². The number of aromatic nitrogens is 1. The number of aliphatic hydroxyl groups excluding tert-OH is 1. The van der Waals surface area contributed by atoms with Crippen LogP contribution in [-0.2, 0) is 0 Å². The van der Waals surface area contributed by atoms with Gasteiger partial charge in [0.1, 0.15) is 12.9 Å². The molecule has 2 N–H and O–H groups in total. The lowest BCUT2D eigenvalue weighted by molar-refractivity contribution is 0.102. The zero-order chi connectivity index (χ0) is 13.0. The van der Waals surface area contributed by atoms with Crippen LogP contribution in [0.3, 0.4) is 0 Å². The van der Waals surface area contributed by atoms with Gasteiger partial charge in [0.05, 0.1) is 15.4 Å². The van der Waals surface area contributed by atoms with E-state index in [0.717, 1.165) is 4.88 Å². The summed E-state index contributed by atoms with van der Waals surface area (Å²) in [7, 11) is 0. The largest absolute Gasteiger partial charge is 0.432 e. The van der Waals surface area contributed by atoms with Gasteiger partial charge in [0, 0.05) is 0 Å². The zero-order valence-electron chi connectivity index (χ0n) is 9.56. The van der Waals surface area contributed by atoms with Crippen molar-refractivity contribution in [1.82, 2.24) is 4.98 Å². The van der Waals surface area contributed by atoms with Crippen molar-refractivity contribution in [1.29, 1.82) is 0 Å². The molecule has 0 unspecified atom stereocenters. The van der Waals surface area contributed by atoms with Crippen LogP contribution in [-0.4, -0.2) is 22.6 Å². The third-order valence-electron chi connectivity index (χ3n) is 1.96. The third kappa shape index (κ3) is 2.97. The summed E-state index contributed by atoms with van der Waals surface area (Å²) in [5.74, 6) is 4.97. The number of hydrogen-bond acceptors (Lipinski definition) is 5. The Labute approximate surface area is 107 Å². The maximum atomic E-state index is 11.8. The summed E-state index contributed by atoms with van der Waals surface area (Å²) in [5, 5.41) is 11.1. The van der Waals surface area contributed by atoms with Crippen molar-refractivity contribution in [2.75, 3.05) is 11.9 Å². The molecule has 2 rings (SSSR count). The molecule has 0 aromatic carbocycles. The second-order valence-electron chi connectivity index (χ2n) is 3.37. The van der Waals surface area contributed by atoms with Crippen molar-refractivity contribution < 1.29 is 14.3 Å². The number of nitrogens with one attached hydrogen (secondary N) is 1. The molecular formula is C12H10N2O3S. The van der Waals surface area contributed by atoms with Crippen molar-refractivity contribution in [2.45, 2.75) is 6.92 Å². The number of amides is 1. The van der Waals surface area contributed by atoms with Gasteiger partial charge in [-0.3, -0.25) is 10.1 Å². The Kier molecular flexibility index (Phi) is 3.77. The maximum Gasteiger partial charge on any atom is 0.301 e. The van der Waals surface area contributed by atoms with E-state index in [1.165, 1.54) is 17.6 Å². The number of hydrogen-bond donors (Lipinski definition) is 2. The lowest BCUT2D eigenvalue weighted by Gasteiger charge is -1.96. The quantitative estimate of drug-likeness (QED) is 0.807. The lowest BCUT2D eigenvalue weighted by atomic mass is 10.4. The van der Waals surface area contributed by atoms with Crippen LogP contribution in [0.25, 0.3) is 0 Å². The molecule has 0 atom stereocenters. The average Bonchev–Trinajstić information content (AvgIpc) is 2.96. The fourth-order valence-corrected chi connectivity index (χ4v) is 2.00. The molecular weight excluding hydrogens is 252 g/mol. The highest BCUT2D eigenvalue weighted by molar-refractivity contribution is 7.14. The van der Waals surface area contributed by atoms with E-state index in [2.05, 4.69) is 22.1 Å². The van der Waals surface area contributed by atoms with E-state index in [1.807, 2.05) is 0 Å². The van der Waals surface area contributed by atoms with Crippen molar-refractivity contribution >= 4 is 23.3 Å². The number of nitrogens with zero attached hydrogens (tertiary/aromatic N) is 1. The minimum atomic E-state index is -0.293. The molecule has 5 nitrogen and oxygen atoms in total. The Morgan fingerprint density at radius 1 is 1.61 bits per heavy atom. The van der Waals surface area contributed by atoms with Gasteiger partial charge in [-0.25, -0.2) is 0 Å². The Balaban J connectivity index is 2.07. The monoisotopic (exact) mass is 262 g/mol. The highest BCUT2D eigenvalue weighted by Crippen LogP contribution is 2.17. The fourth-order valence-electron chi connectivity index (χ4n) is 1.22. The Morgan fingerprint density at radius 2 is 2.44 bits per heavy atom. The molecule has 18 heavy (non-hydrogen) atoms. The number of rotatable bonds is 2. The smallest absolute Gasteiger partial charge is 0.301 e. The Hall–Kier alpha value is -2.10. The molecule has 2 aromatic heterocycles. The van der Waals surface area contributed by atoms with Crippen LogP contribution in [0.4, 0.5) is 6.01 Å². The van der Waals surface area contributed by atoms with Gasteiger partial charge in [-0.2, -0.15) is 4.98 Å². The predicted molar refractivity (Wildman–Crippen MR) is 67.5 cm³/mol. The summed E-state index contributed by atoms with van der Waals surface area (Å²) < 4.78 is 5.03. The zero-order valence-corrected chi connectivity index (χ0v) is 10.4. The number of aliphatic hydroxyl groups is 1. The SMILES string of the molecule is Cc1coc(NC(=O)c2ccc(C#CCO)s2)n1. The van der Waals surface area contributed by atoms with Gasteiger partial charge in [0.15, 0.2) is 0 Å². The van der Waals surface area contributed by atoms with Gasteiger partial charge >= 0.3 is 6.01 Å². The van der Waals surface area contributed by atoms with E-state index < -0.39 is 0 Å². The number of thiophene rings is 1. The van der Waals surface area contributed by atoms with E-state index in [4.69, 9.17) is 9.52 Å². The maximum absolute atomic E-state index is 11.8. The third-order valence-corrected chi connectivity index (χ3v) is 2.96. The topological polar surface area (TPSA) is 75.4 Å². The summed E-state index contributed by atoms with van der Waals surface area (Å²) in [5.41, 5.74) is 0.700. The van der Waals surface area contributed by atoms with E-state index in [-0.39, 0.29) is 18.5 Å². The van der Waals surface area contributed by atoms with Crippen molar-refractivity contribution in [3.63, 3.8) is 0 Å². The average molecular weight is 262 g/mol. The van der Waals surface area contributed by atoms with Gasteiger partial charge in [0.25, 0.3) is 5.91 Å². The molecule has 0 aliphatic heterocycles. The fraction of sp³-hybridized carbons (Fsp3) is 0.167. The van der Waals surface area contributed by atoms with Crippen LogP contribution in [0.15, 0.2) is 22.8 Å². The summed E-state index contributed by atoms with van der Waals surface area (Å²) in [4.78, 5) is 17.0. The molecule has 0 aliphatic carbocycles. The van der Waals surface area contributed by atoms with Crippen LogP contribution in [0.5, 0.6) is 0 Å². The summed E-state index contributed by atoms with van der Waals surface area (Å²) in [6.07, 6.45) is 1.46. The highest BCUT2D eigenvalue weighted by atomic mass is 32.1. The van der Waals surface area contributed by atoms with Gasteiger partial charge < -0.3 is 9.52 Å². The van der Waals surface area contributed by atoms with E-state index in [1.54, 1.807) is 19.1 Å². The van der Waals surface area contributed by atoms with E-state index in [0.29, 0.717) is 10.6 Å². The Bertz CT molecular complexity index is 619. The van der Waals surface area contributed by atoms with Gasteiger partial charge in [-0.15, -0.1) is 11.3 Å². The molecule has 0 saturated carbocycles. The molecule has 0 radical (unpaired) electrons.